The predicted octanol–water partition coefficient (Wildman–Crippen LogP) is 0.626. The molecule has 0 radical (unpaired) electrons. The van der Waals surface area contributed by atoms with Crippen LogP contribution in [-0.2, 0) is 0 Å². The quantitative estimate of drug-likeness (QED) is 0.523. The van der Waals surface area contributed by atoms with E-state index >= 15 is 0 Å². The van der Waals surface area contributed by atoms with Crippen LogP contribution in [0.1, 0.15) is 6.92 Å². The van der Waals surface area contributed by atoms with Crippen LogP contribution in [0.2, 0.25) is 0 Å². The highest BCUT2D eigenvalue weighted by Gasteiger charge is 1.74. The van der Waals surface area contributed by atoms with Crippen molar-refractivity contribution in [3.8, 4) is 0 Å². The van der Waals surface area contributed by atoms with Gasteiger partial charge in [-0.25, -0.2) is 0 Å². The maximum absolute atomic E-state index is 8.27. The molecule has 0 heterocycles. The lowest BCUT2D eigenvalue weighted by molar-refractivity contribution is 0.343. The molecule has 0 saturated carbocycles. The number of hydrogen-bond acceptors (Lipinski definition) is 2. The molecule has 2 heteroatoms. The average molecular weight is 113 g/mol. The molecule has 0 fully saturated rings. The van der Waals surface area contributed by atoms with Crippen molar-refractivity contribution >= 4 is 5.71 Å². The van der Waals surface area contributed by atoms with Crippen molar-refractivity contribution in [2.45, 2.75) is 6.92 Å². The summed E-state index contributed by atoms with van der Waals surface area (Å²) in [6.45, 7) is 1.97. The van der Waals surface area contributed by atoms with Crippen LogP contribution in [-0.4, -0.2) is 24.5 Å². The first kappa shape index (κ1) is 7.37. The van der Waals surface area contributed by atoms with Crippen molar-refractivity contribution in [1.29, 1.82) is 0 Å². The van der Waals surface area contributed by atoms with E-state index in [9.17, 15) is 0 Å². The molecular formula is C6H11NO. The Hall–Kier alpha value is -0.630. The summed E-state index contributed by atoms with van der Waals surface area (Å²) >= 11 is 0. The maximum Gasteiger partial charge on any atom is 0.0616 e. The Kier molecular flexibility index (Phi) is 4.17. The molecule has 1 N–H and O–H groups in total. The SMILES string of the molecule is CN=C(C)/C=C\CO. The standard InChI is InChI=1S/C6H11NO/c1-6(7-2)4-3-5-8/h3-4,8H,5H2,1-2H3/b4-3-,7-6?. The molecule has 0 aromatic heterocycles. The van der Waals surface area contributed by atoms with Crippen LogP contribution in [0.25, 0.3) is 0 Å². The molecule has 0 aliphatic carbocycles. The van der Waals surface area contributed by atoms with Crippen molar-refractivity contribution in [2.75, 3.05) is 13.7 Å². The summed E-state index contributed by atoms with van der Waals surface area (Å²) in [4.78, 5) is 3.84. The molecule has 46 valence electrons. The fraction of sp³-hybridized carbons (Fsp3) is 0.500. The van der Waals surface area contributed by atoms with Gasteiger partial charge in [-0.05, 0) is 13.0 Å². The Morgan fingerprint density at radius 2 is 2.38 bits per heavy atom. The smallest absolute Gasteiger partial charge is 0.0616 e. The van der Waals surface area contributed by atoms with Crippen molar-refractivity contribution < 1.29 is 5.11 Å². The second-order valence-electron chi connectivity index (χ2n) is 1.45. The highest BCUT2D eigenvalue weighted by atomic mass is 16.2. The third-order valence-corrected chi connectivity index (χ3v) is 0.817. The molecule has 2 nitrogen and oxygen atoms in total. The molecule has 0 bridgehead atoms. The zero-order chi connectivity index (χ0) is 6.41. The molecule has 0 aromatic carbocycles. The van der Waals surface area contributed by atoms with Gasteiger partial charge < -0.3 is 5.11 Å². The van der Waals surface area contributed by atoms with Gasteiger partial charge in [-0.15, -0.1) is 0 Å². The first-order chi connectivity index (χ1) is 3.81. The molecule has 0 spiro atoms. The summed E-state index contributed by atoms with van der Waals surface area (Å²) in [6, 6.07) is 0. The first-order valence-electron chi connectivity index (χ1n) is 2.52. The van der Waals surface area contributed by atoms with Gasteiger partial charge in [-0.1, -0.05) is 6.08 Å². The lowest BCUT2D eigenvalue weighted by Crippen LogP contribution is -1.83. The summed E-state index contributed by atoms with van der Waals surface area (Å²) < 4.78 is 0. The molecule has 0 rings (SSSR count). The zero-order valence-corrected chi connectivity index (χ0v) is 5.26. The molecular weight excluding hydrogens is 102 g/mol. The van der Waals surface area contributed by atoms with Gasteiger partial charge in [0.1, 0.15) is 0 Å². The average Bonchev–Trinajstić information content (AvgIpc) is 1.83. The van der Waals surface area contributed by atoms with Gasteiger partial charge in [0.2, 0.25) is 0 Å². The summed E-state index contributed by atoms with van der Waals surface area (Å²) in [5.41, 5.74) is 0.930. The number of allylic oxidation sites excluding steroid dienone is 1. The van der Waals surface area contributed by atoms with Gasteiger partial charge >= 0.3 is 0 Å². The van der Waals surface area contributed by atoms with Gasteiger partial charge in [0.05, 0.1) is 6.61 Å². The molecule has 0 aliphatic heterocycles. The first-order valence-corrected chi connectivity index (χ1v) is 2.52. The molecule has 0 aliphatic rings. The molecule has 0 saturated heterocycles. The number of aliphatic hydroxyl groups is 1. The number of aliphatic hydroxyl groups excluding tert-OH is 1. The lowest BCUT2D eigenvalue weighted by Gasteiger charge is -1.83. The van der Waals surface area contributed by atoms with Gasteiger partial charge in [-0.3, -0.25) is 4.99 Å². The third-order valence-electron chi connectivity index (χ3n) is 0.817. The van der Waals surface area contributed by atoms with E-state index in [0.717, 1.165) is 5.71 Å². The van der Waals surface area contributed by atoms with E-state index in [-0.39, 0.29) is 6.61 Å². The summed E-state index contributed by atoms with van der Waals surface area (Å²) in [7, 11) is 1.72. The van der Waals surface area contributed by atoms with Crippen LogP contribution in [0.3, 0.4) is 0 Å². The van der Waals surface area contributed by atoms with Crippen molar-refractivity contribution in [1.82, 2.24) is 0 Å². The van der Waals surface area contributed by atoms with Gasteiger partial charge in [0.25, 0.3) is 0 Å². The van der Waals surface area contributed by atoms with E-state index in [0.29, 0.717) is 0 Å². The van der Waals surface area contributed by atoms with E-state index in [1.807, 2.05) is 6.92 Å². The van der Waals surface area contributed by atoms with Crippen molar-refractivity contribution in [2.24, 2.45) is 4.99 Å². The van der Waals surface area contributed by atoms with E-state index in [4.69, 9.17) is 5.11 Å². The minimum Gasteiger partial charge on any atom is -0.392 e. The van der Waals surface area contributed by atoms with E-state index < -0.39 is 0 Å². The maximum atomic E-state index is 8.27. The van der Waals surface area contributed by atoms with Crippen LogP contribution in [0, 0.1) is 0 Å². The third kappa shape index (κ3) is 3.56. The number of aliphatic imine (C=N–C) groups is 1. The number of hydrogen-bond donors (Lipinski definition) is 1. The largest absolute Gasteiger partial charge is 0.392 e. The monoisotopic (exact) mass is 113 g/mol. The van der Waals surface area contributed by atoms with Crippen LogP contribution < -0.4 is 0 Å². The Bertz CT molecular complexity index is 105. The highest BCUT2D eigenvalue weighted by Crippen LogP contribution is 1.76. The highest BCUT2D eigenvalue weighted by molar-refractivity contribution is 5.92. The lowest BCUT2D eigenvalue weighted by atomic mass is 10.4. The molecule has 0 unspecified atom stereocenters. The van der Waals surface area contributed by atoms with Crippen molar-refractivity contribution in [3.05, 3.63) is 12.2 Å². The molecule has 0 aromatic rings. The van der Waals surface area contributed by atoms with Crippen LogP contribution in [0.5, 0.6) is 0 Å². The predicted molar refractivity (Wildman–Crippen MR) is 35.3 cm³/mol. The fourth-order valence-corrected chi connectivity index (χ4v) is 0.298. The summed E-state index contributed by atoms with van der Waals surface area (Å²) in [6.07, 6.45) is 3.43. The van der Waals surface area contributed by atoms with E-state index in [1.165, 1.54) is 0 Å². The van der Waals surface area contributed by atoms with E-state index in [1.54, 1.807) is 19.2 Å². The topological polar surface area (TPSA) is 32.6 Å². The Morgan fingerprint density at radius 3 is 2.75 bits per heavy atom. The van der Waals surface area contributed by atoms with Crippen molar-refractivity contribution in [3.63, 3.8) is 0 Å². The van der Waals surface area contributed by atoms with Gasteiger partial charge in [0.15, 0.2) is 0 Å². The normalized spacial score (nSPS) is 13.1. The second-order valence-corrected chi connectivity index (χ2v) is 1.45. The molecule has 0 atom stereocenters. The fourth-order valence-electron chi connectivity index (χ4n) is 0.298. The summed E-state index contributed by atoms with van der Waals surface area (Å²) in [5.74, 6) is 0. The van der Waals surface area contributed by atoms with Gasteiger partial charge in [-0.2, -0.15) is 0 Å². The molecule has 0 amide bonds. The minimum atomic E-state index is 0.0901. The van der Waals surface area contributed by atoms with E-state index in [2.05, 4.69) is 4.99 Å². The zero-order valence-electron chi connectivity index (χ0n) is 5.26. The molecule has 8 heavy (non-hydrogen) atoms. The van der Waals surface area contributed by atoms with Crippen LogP contribution in [0.15, 0.2) is 17.1 Å². The Balaban J connectivity index is 3.53. The van der Waals surface area contributed by atoms with Gasteiger partial charge in [0, 0.05) is 12.8 Å². The Morgan fingerprint density at radius 1 is 1.75 bits per heavy atom. The Labute approximate surface area is 49.6 Å². The number of nitrogens with zero attached hydrogens (tertiary/aromatic N) is 1. The second kappa shape index (κ2) is 4.53. The van der Waals surface area contributed by atoms with Crippen LogP contribution >= 0.6 is 0 Å². The minimum absolute atomic E-state index is 0.0901. The number of rotatable bonds is 2. The summed E-state index contributed by atoms with van der Waals surface area (Å²) in [5, 5.41) is 8.27. The van der Waals surface area contributed by atoms with Crippen LogP contribution in [0.4, 0.5) is 0 Å².